The molecule has 1 saturated heterocycles. The summed E-state index contributed by atoms with van der Waals surface area (Å²) >= 11 is 1.46. The molecule has 1 aliphatic rings. The van der Waals surface area contributed by atoms with Crippen LogP contribution >= 0.6 is 11.3 Å². The van der Waals surface area contributed by atoms with Gasteiger partial charge in [-0.2, -0.15) is 0 Å². The SMILES string of the molecule is Nc1cscc1N1CC(O)CC1=O. The molecule has 2 heterocycles. The van der Waals surface area contributed by atoms with Crippen LogP contribution in [0.4, 0.5) is 11.4 Å². The highest BCUT2D eigenvalue weighted by molar-refractivity contribution is 7.09. The Morgan fingerprint density at radius 3 is 2.85 bits per heavy atom. The molecule has 1 aromatic heterocycles. The van der Waals surface area contributed by atoms with Gasteiger partial charge in [0.25, 0.3) is 0 Å². The van der Waals surface area contributed by atoms with E-state index in [9.17, 15) is 9.90 Å². The number of β-amino-alcohol motifs (C(OH)–C–C–N with tert-alkyl or cyclic N) is 1. The van der Waals surface area contributed by atoms with E-state index in [0.29, 0.717) is 12.2 Å². The van der Waals surface area contributed by atoms with Gasteiger partial charge in [0.15, 0.2) is 0 Å². The van der Waals surface area contributed by atoms with Crippen molar-refractivity contribution in [3.63, 3.8) is 0 Å². The van der Waals surface area contributed by atoms with Crippen molar-refractivity contribution in [3.8, 4) is 0 Å². The van der Waals surface area contributed by atoms with Crippen LogP contribution in [0.15, 0.2) is 10.8 Å². The molecule has 1 aromatic rings. The van der Waals surface area contributed by atoms with E-state index in [-0.39, 0.29) is 12.3 Å². The van der Waals surface area contributed by atoms with Crippen molar-refractivity contribution >= 4 is 28.6 Å². The third-order valence-electron chi connectivity index (χ3n) is 2.07. The lowest BCUT2D eigenvalue weighted by molar-refractivity contribution is -0.117. The van der Waals surface area contributed by atoms with Crippen molar-refractivity contribution < 1.29 is 9.90 Å². The first-order valence-electron chi connectivity index (χ1n) is 3.98. The molecule has 5 heteroatoms. The van der Waals surface area contributed by atoms with Gasteiger partial charge in [-0.15, -0.1) is 11.3 Å². The second-order valence-corrected chi connectivity index (χ2v) is 3.82. The maximum atomic E-state index is 11.4. The molecule has 1 atom stereocenters. The Morgan fingerprint density at radius 2 is 2.38 bits per heavy atom. The number of aliphatic hydroxyl groups is 1. The molecule has 0 radical (unpaired) electrons. The average Bonchev–Trinajstić information content (AvgIpc) is 2.58. The van der Waals surface area contributed by atoms with Gasteiger partial charge in [-0.1, -0.05) is 0 Å². The van der Waals surface area contributed by atoms with Crippen LogP contribution in [0.25, 0.3) is 0 Å². The summed E-state index contributed by atoms with van der Waals surface area (Å²) in [6.07, 6.45) is -0.346. The molecular weight excluding hydrogens is 188 g/mol. The maximum Gasteiger partial charge on any atom is 0.229 e. The van der Waals surface area contributed by atoms with E-state index in [1.165, 1.54) is 16.2 Å². The minimum absolute atomic E-state index is 0.0578. The number of nitrogens with zero attached hydrogens (tertiary/aromatic N) is 1. The third-order valence-corrected chi connectivity index (χ3v) is 2.82. The quantitative estimate of drug-likeness (QED) is 0.687. The van der Waals surface area contributed by atoms with Crippen LogP contribution in [-0.2, 0) is 4.79 Å². The summed E-state index contributed by atoms with van der Waals surface area (Å²) in [6, 6.07) is 0. The third kappa shape index (κ3) is 1.40. The largest absolute Gasteiger partial charge is 0.396 e. The number of hydrogen-bond acceptors (Lipinski definition) is 4. The fourth-order valence-corrected chi connectivity index (χ4v) is 2.17. The number of anilines is 2. The predicted octanol–water partition coefficient (Wildman–Crippen LogP) is 0.428. The lowest BCUT2D eigenvalue weighted by atomic mass is 10.3. The van der Waals surface area contributed by atoms with Gasteiger partial charge in [0.1, 0.15) is 0 Å². The molecular formula is C8H10N2O2S. The number of hydrogen-bond donors (Lipinski definition) is 2. The molecule has 0 spiro atoms. The zero-order chi connectivity index (χ0) is 9.42. The Balaban J connectivity index is 2.27. The van der Waals surface area contributed by atoms with Gasteiger partial charge in [0.05, 0.1) is 30.4 Å². The topological polar surface area (TPSA) is 66.6 Å². The summed E-state index contributed by atoms with van der Waals surface area (Å²) in [7, 11) is 0. The molecule has 4 nitrogen and oxygen atoms in total. The van der Waals surface area contributed by atoms with Crippen molar-refractivity contribution in [2.24, 2.45) is 0 Å². The highest BCUT2D eigenvalue weighted by Gasteiger charge is 2.30. The van der Waals surface area contributed by atoms with E-state index < -0.39 is 6.10 Å². The van der Waals surface area contributed by atoms with Gasteiger partial charge >= 0.3 is 0 Å². The second kappa shape index (κ2) is 3.01. The molecule has 0 saturated carbocycles. The Bertz CT molecular complexity index is 337. The Hall–Kier alpha value is -1.07. The lowest BCUT2D eigenvalue weighted by Crippen LogP contribution is -2.25. The van der Waals surface area contributed by atoms with Crippen LogP contribution in [0.5, 0.6) is 0 Å². The van der Waals surface area contributed by atoms with E-state index in [2.05, 4.69) is 0 Å². The van der Waals surface area contributed by atoms with Gasteiger partial charge < -0.3 is 15.7 Å². The first kappa shape index (κ1) is 8.52. The van der Waals surface area contributed by atoms with Crippen LogP contribution in [0, 0.1) is 0 Å². The van der Waals surface area contributed by atoms with Crippen LogP contribution in [0.1, 0.15) is 6.42 Å². The van der Waals surface area contributed by atoms with Crippen molar-refractivity contribution in [2.45, 2.75) is 12.5 Å². The standard InChI is InChI=1S/C8H10N2O2S/c9-6-3-13-4-7(6)10-2-5(11)1-8(10)12/h3-5,11H,1-2,9H2. The van der Waals surface area contributed by atoms with Gasteiger partial charge in [0, 0.05) is 10.8 Å². The zero-order valence-electron chi connectivity index (χ0n) is 6.93. The van der Waals surface area contributed by atoms with E-state index in [0.717, 1.165) is 5.69 Å². The molecule has 1 amide bonds. The molecule has 70 valence electrons. The van der Waals surface area contributed by atoms with E-state index in [1.54, 1.807) is 5.38 Å². The van der Waals surface area contributed by atoms with Crippen LogP contribution in [-0.4, -0.2) is 23.7 Å². The summed E-state index contributed by atoms with van der Waals surface area (Å²) in [6.45, 7) is 0.361. The molecule has 0 bridgehead atoms. The zero-order valence-corrected chi connectivity index (χ0v) is 7.75. The molecule has 0 aliphatic carbocycles. The monoisotopic (exact) mass is 198 g/mol. The van der Waals surface area contributed by atoms with Crippen molar-refractivity contribution in [1.82, 2.24) is 0 Å². The Kier molecular flexibility index (Phi) is 1.97. The van der Waals surface area contributed by atoms with E-state index in [4.69, 9.17) is 5.73 Å². The highest BCUT2D eigenvalue weighted by atomic mass is 32.1. The second-order valence-electron chi connectivity index (χ2n) is 3.07. The number of carbonyl (C=O) groups is 1. The number of aliphatic hydroxyl groups excluding tert-OH is 1. The predicted molar refractivity (Wildman–Crippen MR) is 51.7 cm³/mol. The fourth-order valence-electron chi connectivity index (χ4n) is 1.44. The number of nitrogens with two attached hydrogens (primary N) is 1. The summed E-state index contributed by atoms with van der Waals surface area (Å²) in [5.74, 6) is -0.0578. The summed E-state index contributed by atoms with van der Waals surface area (Å²) in [5, 5.41) is 12.9. The van der Waals surface area contributed by atoms with Crippen LogP contribution < -0.4 is 10.6 Å². The van der Waals surface area contributed by atoms with Gasteiger partial charge in [-0.25, -0.2) is 0 Å². The van der Waals surface area contributed by atoms with Gasteiger partial charge in [0.2, 0.25) is 5.91 Å². The summed E-state index contributed by atoms with van der Waals surface area (Å²) in [5.41, 5.74) is 7.00. The van der Waals surface area contributed by atoms with Gasteiger partial charge in [-0.3, -0.25) is 4.79 Å². The minimum Gasteiger partial charge on any atom is -0.396 e. The fraction of sp³-hybridized carbons (Fsp3) is 0.375. The first-order chi connectivity index (χ1) is 6.18. The molecule has 1 fully saturated rings. The maximum absolute atomic E-state index is 11.4. The Morgan fingerprint density at radius 1 is 1.62 bits per heavy atom. The van der Waals surface area contributed by atoms with E-state index >= 15 is 0 Å². The normalized spacial score (nSPS) is 22.7. The molecule has 1 unspecified atom stereocenters. The minimum atomic E-state index is -0.549. The van der Waals surface area contributed by atoms with Crippen molar-refractivity contribution in [3.05, 3.63) is 10.8 Å². The number of thiophene rings is 1. The number of amides is 1. The molecule has 13 heavy (non-hydrogen) atoms. The molecule has 1 aliphatic heterocycles. The average molecular weight is 198 g/mol. The van der Waals surface area contributed by atoms with Crippen molar-refractivity contribution in [1.29, 1.82) is 0 Å². The van der Waals surface area contributed by atoms with Gasteiger partial charge in [-0.05, 0) is 0 Å². The first-order valence-corrected chi connectivity index (χ1v) is 4.93. The summed E-state index contributed by atoms with van der Waals surface area (Å²) < 4.78 is 0. The number of carbonyl (C=O) groups excluding carboxylic acids is 1. The van der Waals surface area contributed by atoms with Crippen molar-refractivity contribution in [2.75, 3.05) is 17.2 Å². The highest BCUT2D eigenvalue weighted by Crippen LogP contribution is 2.30. The number of rotatable bonds is 1. The Labute approximate surface area is 79.6 Å². The number of nitrogen functional groups attached to an aromatic ring is 1. The molecule has 3 N–H and O–H groups in total. The smallest absolute Gasteiger partial charge is 0.229 e. The lowest BCUT2D eigenvalue weighted by Gasteiger charge is -2.14. The van der Waals surface area contributed by atoms with Crippen LogP contribution in [0.3, 0.4) is 0 Å². The molecule has 2 rings (SSSR count). The van der Waals surface area contributed by atoms with Crippen LogP contribution in [0.2, 0.25) is 0 Å². The van der Waals surface area contributed by atoms with E-state index in [1.807, 2.05) is 5.38 Å². The molecule has 0 aromatic carbocycles. The summed E-state index contributed by atoms with van der Waals surface area (Å²) in [4.78, 5) is 12.9.